The number of ether oxygens (including phenoxy) is 1. The van der Waals surface area contributed by atoms with Gasteiger partial charge in [0.2, 0.25) is 5.91 Å². The number of carbonyl (C=O) groups is 2. The molecule has 128 valence electrons. The van der Waals surface area contributed by atoms with Crippen LogP contribution in [0.5, 0.6) is 0 Å². The van der Waals surface area contributed by atoms with Crippen molar-refractivity contribution in [2.24, 2.45) is 0 Å². The fourth-order valence-corrected chi connectivity index (χ4v) is 2.53. The Morgan fingerprint density at radius 1 is 1.13 bits per heavy atom. The monoisotopic (exact) mass is 320 g/mol. The molecule has 5 nitrogen and oxygen atoms in total. The summed E-state index contributed by atoms with van der Waals surface area (Å²) < 4.78 is 4.82. The van der Waals surface area contributed by atoms with E-state index in [0.717, 1.165) is 31.5 Å². The Balaban J connectivity index is 2.65. The largest absolute Gasteiger partial charge is 0.467 e. The molecule has 1 atom stereocenters. The van der Waals surface area contributed by atoms with Crippen LogP contribution in [0.4, 0.5) is 0 Å². The molecule has 0 saturated carbocycles. The lowest BCUT2D eigenvalue weighted by molar-refractivity contribution is -0.145. The average molecular weight is 320 g/mol. The van der Waals surface area contributed by atoms with Crippen LogP contribution in [0, 0.1) is 0 Å². The van der Waals surface area contributed by atoms with Crippen molar-refractivity contribution in [2.45, 2.75) is 39.2 Å². The van der Waals surface area contributed by atoms with Crippen LogP contribution < -0.4 is 5.32 Å². The SMILES string of the molecule is CCCN(CCC)CC(=O)NC(Cc1ccccc1)C(=O)OC. The Hall–Kier alpha value is -1.88. The van der Waals surface area contributed by atoms with Crippen LogP contribution in [0.2, 0.25) is 0 Å². The molecule has 1 aromatic carbocycles. The molecular formula is C18H28N2O3. The smallest absolute Gasteiger partial charge is 0.328 e. The van der Waals surface area contributed by atoms with Crippen LogP contribution in [0.1, 0.15) is 32.3 Å². The average Bonchev–Trinajstić information content (AvgIpc) is 2.55. The minimum Gasteiger partial charge on any atom is -0.467 e. The van der Waals surface area contributed by atoms with E-state index in [1.165, 1.54) is 7.11 Å². The van der Waals surface area contributed by atoms with Gasteiger partial charge in [0.25, 0.3) is 0 Å². The van der Waals surface area contributed by atoms with E-state index >= 15 is 0 Å². The molecule has 0 saturated heterocycles. The molecule has 0 aliphatic rings. The number of methoxy groups -OCH3 is 1. The highest BCUT2D eigenvalue weighted by Crippen LogP contribution is 2.05. The number of hydrogen-bond acceptors (Lipinski definition) is 4. The summed E-state index contributed by atoms with van der Waals surface area (Å²) >= 11 is 0. The van der Waals surface area contributed by atoms with Crippen LogP contribution in [-0.4, -0.2) is 49.6 Å². The van der Waals surface area contributed by atoms with Crippen molar-refractivity contribution in [1.29, 1.82) is 0 Å². The first-order valence-corrected chi connectivity index (χ1v) is 8.24. The second-order valence-electron chi connectivity index (χ2n) is 5.61. The van der Waals surface area contributed by atoms with E-state index in [-0.39, 0.29) is 5.91 Å². The summed E-state index contributed by atoms with van der Waals surface area (Å²) in [6.45, 7) is 6.25. The van der Waals surface area contributed by atoms with Gasteiger partial charge < -0.3 is 10.1 Å². The van der Waals surface area contributed by atoms with Crippen molar-refractivity contribution in [1.82, 2.24) is 10.2 Å². The Bertz CT molecular complexity index is 470. The molecule has 0 spiro atoms. The zero-order chi connectivity index (χ0) is 17.1. The van der Waals surface area contributed by atoms with Crippen molar-refractivity contribution in [3.63, 3.8) is 0 Å². The standard InChI is InChI=1S/C18H28N2O3/c1-4-11-20(12-5-2)14-17(21)19-16(18(22)23-3)13-15-9-7-6-8-10-15/h6-10,16H,4-5,11-14H2,1-3H3,(H,19,21). The van der Waals surface area contributed by atoms with Crippen LogP contribution in [-0.2, 0) is 20.7 Å². The van der Waals surface area contributed by atoms with Crippen LogP contribution in [0.3, 0.4) is 0 Å². The van der Waals surface area contributed by atoms with Gasteiger partial charge in [0.05, 0.1) is 13.7 Å². The number of hydrogen-bond donors (Lipinski definition) is 1. The number of benzene rings is 1. The van der Waals surface area contributed by atoms with Gasteiger partial charge in [-0.25, -0.2) is 4.79 Å². The molecule has 23 heavy (non-hydrogen) atoms. The van der Waals surface area contributed by atoms with Gasteiger partial charge in [0.1, 0.15) is 6.04 Å². The summed E-state index contributed by atoms with van der Waals surface area (Å²) in [7, 11) is 1.34. The van der Waals surface area contributed by atoms with Gasteiger partial charge in [-0.1, -0.05) is 44.2 Å². The summed E-state index contributed by atoms with van der Waals surface area (Å²) in [5.74, 6) is -0.557. The van der Waals surface area contributed by atoms with E-state index < -0.39 is 12.0 Å². The molecule has 0 fully saturated rings. The lowest BCUT2D eigenvalue weighted by atomic mass is 10.1. The number of carbonyl (C=O) groups excluding carboxylic acids is 2. The zero-order valence-electron chi connectivity index (χ0n) is 14.4. The molecule has 1 amide bonds. The molecule has 0 aliphatic heterocycles. The zero-order valence-corrected chi connectivity index (χ0v) is 14.4. The molecule has 0 bridgehead atoms. The summed E-state index contributed by atoms with van der Waals surface area (Å²) in [6, 6.07) is 8.96. The highest BCUT2D eigenvalue weighted by Gasteiger charge is 2.22. The molecule has 0 aromatic heterocycles. The van der Waals surface area contributed by atoms with Crippen LogP contribution >= 0.6 is 0 Å². The minimum absolute atomic E-state index is 0.141. The Labute approximate surface area is 139 Å². The molecule has 0 radical (unpaired) electrons. The third-order valence-electron chi connectivity index (χ3n) is 3.55. The number of amides is 1. The summed E-state index contributed by atoms with van der Waals surface area (Å²) in [5.41, 5.74) is 0.988. The van der Waals surface area contributed by atoms with E-state index in [1.54, 1.807) is 0 Å². The van der Waals surface area contributed by atoms with Gasteiger partial charge in [-0.15, -0.1) is 0 Å². The second-order valence-corrected chi connectivity index (χ2v) is 5.61. The molecule has 1 unspecified atom stereocenters. The molecule has 0 aliphatic carbocycles. The third kappa shape index (κ3) is 7.28. The minimum atomic E-state index is -0.653. The van der Waals surface area contributed by atoms with Crippen LogP contribution in [0.25, 0.3) is 0 Å². The third-order valence-corrected chi connectivity index (χ3v) is 3.55. The second kappa shape index (κ2) is 10.8. The van der Waals surface area contributed by atoms with E-state index in [4.69, 9.17) is 4.74 Å². The van der Waals surface area contributed by atoms with Crippen LogP contribution in [0.15, 0.2) is 30.3 Å². The van der Waals surface area contributed by atoms with Gasteiger partial charge in [0, 0.05) is 6.42 Å². The molecular weight excluding hydrogens is 292 g/mol. The maximum Gasteiger partial charge on any atom is 0.328 e. The molecule has 5 heteroatoms. The first-order chi connectivity index (χ1) is 11.1. The number of nitrogens with zero attached hydrogens (tertiary/aromatic N) is 1. The summed E-state index contributed by atoms with van der Waals surface area (Å²) in [4.78, 5) is 26.3. The molecule has 0 heterocycles. The Kier molecular flexibility index (Phi) is 8.98. The highest BCUT2D eigenvalue weighted by atomic mass is 16.5. The first kappa shape index (κ1) is 19.2. The number of rotatable bonds is 10. The van der Waals surface area contributed by atoms with Gasteiger partial charge in [-0.05, 0) is 31.5 Å². The van der Waals surface area contributed by atoms with E-state index in [9.17, 15) is 9.59 Å². The summed E-state index contributed by atoms with van der Waals surface area (Å²) in [6.07, 6.45) is 2.43. The van der Waals surface area contributed by atoms with E-state index in [2.05, 4.69) is 24.1 Å². The van der Waals surface area contributed by atoms with E-state index in [1.807, 2.05) is 30.3 Å². The molecule has 1 rings (SSSR count). The maximum atomic E-state index is 12.3. The first-order valence-electron chi connectivity index (χ1n) is 8.24. The predicted molar refractivity (Wildman–Crippen MR) is 91.1 cm³/mol. The Morgan fingerprint density at radius 3 is 2.26 bits per heavy atom. The van der Waals surface area contributed by atoms with Gasteiger partial charge in [0.15, 0.2) is 0 Å². The fraction of sp³-hybridized carbons (Fsp3) is 0.556. The fourth-order valence-electron chi connectivity index (χ4n) is 2.53. The van der Waals surface area contributed by atoms with Crippen molar-refractivity contribution >= 4 is 11.9 Å². The van der Waals surface area contributed by atoms with Gasteiger partial charge in [-0.3, -0.25) is 9.69 Å². The summed E-state index contributed by atoms with van der Waals surface area (Å²) in [5, 5.41) is 2.81. The number of nitrogens with one attached hydrogen (secondary N) is 1. The lowest BCUT2D eigenvalue weighted by Crippen LogP contribution is -2.47. The van der Waals surface area contributed by atoms with Crippen molar-refractivity contribution in [2.75, 3.05) is 26.7 Å². The quantitative estimate of drug-likeness (QED) is 0.670. The number of esters is 1. The van der Waals surface area contributed by atoms with Crippen molar-refractivity contribution in [3.8, 4) is 0 Å². The lowest BCUT2D eigenvalue weighted by Gasteiger charge is -2.22. The highest BCUT2D eigenvalue weighted by molar-refractivity contribution is 5.85. The molecule has 1 aromatic rings. The van der Waals surface area contributed by atoms with E-state index in [0.29, 0.717) is 13.0 Å². The predicted octanol–water partition coefficient (Wildman–Crippen LogP) is 2.01. The molecule has 1 N–H and O–H groups in total. The maximum absolute atomic E-state index is 12.3. The Morgan fingerprint density at radius 2 is 1.74 bits per heavy atom. The van der Waals surface area contributed by atoms with Gasteiger partial charge in [-0.2, -0.15) is 0 Å². The van der Waals surface area contributed by atoms with Gasteiger partial charge >= 0.3 is 5.97 Å². The van der Waals surface area contributed by atoms with Crippen molar-refractivity contribution < 1.29 is 14.3 Å². The normalized spacial score (nSPS) is 12.0. The topological polar surface area (TPSA) is 58.6 Å². The van der Waals surface area contributed by atoms with Crippen molar-refractivity contribution in [3.05, 3.63) is 35.9 Å².